The van der Waals surface area contributed by atoms with Crippen LogP contribution in [0.4, 0.5) is 0 Å². The molecule has 0 aliphatic carbocycles. The van der Waals surface area contributed by atoms with Gasteiger partial charge in [-0.15, -0.1) is 0 Å². The van der Waals surface area contributed by atoms with Crippen molar-refractivity contribution in [1.29, 1.82) is 0 Å². The van der Waals surface area contributed by atoms with Gasteiger partial charge in [0.2, 0.25) is 0 Å². The summed E-state index contributed by atoms with van der Waals surface area (Å²) < 4.78 is 25.2. The Morgan fingerprint density at radius 2 is 1.96 bits per heavy atom. The number of piperidine rings is 1. The molecule has 1 aliphatic heterocycles. The summed E-state index contributed by atoms with van der Waals surface area (Å²) in [6.45, 7) is 4.96. The third-order valence-electron chi connectivity index (χ3n) is 4.66. The first-order valence-electron chi connectivity index (χ1n) is 8.34. The van der Waals surface area contributed by atoms with Crippen LogP contribution in [0.15, 0.2) is 35.4 Å². The first kappa shape index (κ1) is 17.2. The topological polar surface area (TPSA) is 55.2 Å². The van der Waals surface area contributed by atoms with Crippen molar-refractivity contribution in [2.24, 2.45) is 7.05 Å². The second-order valence-electron chi connectivity index (χ2n) is 6.84. The van der Waals surface area contributed by atoms with Crippen LogP contribution >= 0.6 is 0 Å². The van der Waals surface area contributed by atoms with Crippen molar-refractivity contribution >= 4 is 9.84 Å². The number of benzene rings is 1. The molecule has 0 radical (unpaired) electrons. The largest absolute Gasteiger partial charge is 0.337 e. The van der Waals surface area contributed by atoms with Crippen molar-refractivity contribution in [2.45, 2.75) is 37.1 Å². The summed E-state index contributed by atoms with van der Waals surface area (Å²) in [7, 11) is -1.06. The van der Waals surface area contributed by atoms with Crippen LogP contribution in [0, 0.1) is 6.92 Å². The fourth-order valence-electron chi connectivity index (χ4n) is 3.52. The second-order valence-corrected chi connectivity index (χ2v) is 8.86. The number of aromatic nitrogens is 2. The van der Waals surface area contributed by atoms with E-state index >= 15 is 0 Å². The van der Waals surface area contributed by atoms with E-state index in [-0.39, 0.29) is 0 Å². The molecule has 0 spiro atoms. The van der Waals surface area contributed by atoms with E-state index in [4.69, 9.17) is 0 Å². The Kier molecular flexibility index (Phi) is 4.78. The molecule has 2 heterocycles. The molecular weight excluding hydrogens is 322 g/mol. The van der Waals surface area contributed by atoms with Crippen LogP contribution in [-0.2, 0) is 23.4 Å². The zero-order valence-corrected chi connectivity index (χ0v) is 15.4. The average molecular weight is 347 g/mol. The van der Waals surface area contributed by atoms with Gasteiger partial charge in [-0.3, -0.25) is 4.90 Å². The lowest BCUT2D eigenvalue weighted by molar-refractivity contribution is 0.195. The minimum atomic E-state index is -3.12. The average Bonchev–Trinajstić information content (AvgIpc) is 2.86. The van der Waals surface area contributed by atoms with Crippen LogP contribution in [0.2, 0.25) is 0 Å². The van der Waals surface area contributed by atoms with Gasteiger partial charge in [-0.05, 0) is 44.0 Å². The lowest BCUT2D eigenvalue weighted by atomic mass is 9.96. The predicted octanol–water partition coefficient (Wildman–Crippen LogP) is 2.51. The molecule has 1 aliphatic rings. The maximum absolute atomic E-state index is 11.5. The van der Waals surface area contributed by atoms with Crippen molar-refractivity contribution in [3.05, 3.63) is 47.5 Å². The summed E-state index contributed by atoms with van der Waals surface area (Å²) in [6.07, 6.45) is 5.66. The van der Waals surface area contributed by atoms with E-state index in [1.165, 1.54) is 18.5 Å². The lowest BCUT2D eigenvalue weighted by Crippen LogP contribution is -2.34. The lowest BCUT2D eigenvalue weighted by Gasteiger charge is -2.32. The van der Waals surface area contributed by atoms with E-state index in [2.05, 4.69) is 27.7 Å². The fraction of sp³-hybridized carbons (Fsp3) is 0.500. The minimum Gasteiger partial charge on any atom is -0.337 e. The Morgan fingerprint density at radius 1 is 1.25 bits per heavy atom. The summed E-state index contributed by atoms with van der Waals surface area (Å²) in [5.41, 5.74) is 2.22. The molecule has 0 unspecified atom stereocenters. The monoisotopic (exact) mass is 347 g/mol. The summed E-state index contributed by atoms with van der Waals surface area (Å²) in [6, 6.07) is 7.25. The van der Waals surface area contributed by atoms with Gasteiger partial charge in [-0.1, -0.05) is 12.1 Å². The molecule has 0 N–H and O–H groups in total. The van der Waals surface area contributed by atoms with Crippen molar-refractivity contribution in [1.82, 2.24) is 14.5 Å². The maximum Gasteiger partial charge on any atom is 0.175 e. The first-order chi connectivity index (χ1) is 11.3. The number of nitrogens with zero attached hydrogens (tertiary/aromatic N) is 3. The van der Waals surface area contributed by atoms with Gasteiger partial charge in [0.1, 0.15) is 5.82 Å². The summed E-state index contributed by atoms with van der Waals surface area (Å²) in [4.78, 5) is 7.50. The van der Waals surface area contributed by atoms with Crippen LogP contribution in [0.1, 0.15) is 35.8 Å². The molecule has 0 amide bonds. The molecule has 5 nitrogen and oxygen atoms in total. The highest BCUT2D eigenvalue weighted by Gasteiger charge is 2.24. The highest BCUT2D eigenvalue weighted by Crippen LogP contribution is 2.27. The normalized spacial score (nSPS) is 19.5. The Bertz CT molecular complexity index is 809. The highest BCUT2D eigenvalue weighted by atomic mass is 32.2. The molecule has 2 aromatic rings. The van der Waals surface area contributed by atoms with E-state index in [0.29, 0.717) is 10.8 Å². The molecule has 0 bridgehead atoms. The van der Waals surface area contributed by atoms with E-state index in [0.717, 1.165) is 37.3 Å². The minimum absolute atomic E-state index is 0.381. The first-order valence-corrected chi connectivity index (χ1v) is 10.2. The van der Waals surface area contributed by atoms with Crippen LogP contribution < -0.4 is 0 Å². The van der Waals surface area contributed by atoms with Gasteiger partial charge in [-0.2, -0.15) is 0 Å². The molecule has 24 heavy (non-hydrogen) atoms. The zero-order chi connectivity index (χ0) is 17.3. The van der Waals surface area contributed by atoms with Gasteiger partial charge in [-0.25, -0.2) is 13.4 Å². The van der Waals surface area contributed by atoms with Gasteiger partial charge in [0, 0.05) is 38.5 Å². The van der Waals surface area contributed by atoms with Gasteiger partial charge in [0.15, 0.2) is 9.84 Å². The van der Waals surface area contributed by atoms with E-state index < -0.39 is 9.84 Å². The van der Waals surface area contributed by atoms with E-state index in [1.807, 2.05) is 19.1 Å². The van der Waals surface area contributed by atoms with Crippen molar-refractivity contribution in [3.63, 3.8) is 0 Å². The molecule has 3 rings (SSSR count). The summed E-state index contributed by atoms with van der Waals surface area (Å²) in [5.74, 6) is 1.64. The fourth-order valence-corrected chi connectivity index (χ4v) is 4.15. The molecule has 130 valence electrons. The molecule has 1 aromatic carbocycles. The molecule has 0 saturated carbocycles. The Balaban J connectivity index is 1.68. The standard InChI is InChI=1S/C18H25N3O2S/c1-14-11-20(2)18(19-14)16-5-4-10-21(13-16)12-15-6-8-17(9-7-15)24(3,22)23/h6-9,11,16H,4-5,10,12-13H2,1-3H3/t16-/m0/s1. The number of hydrogen-bond acceptors (Lipinski definition) is 4. The van der Waals surface area contributed by atoms with E-state index in [1.54, 1.807) is 12.1 Å². The van der Waals surface area contributed by atoms with Crippen molar-refractivity contribution in [3.8, 4) is 0 Å². The molecule has 1 aromatic heterocycles. The van der Waals surface area contributed by atoms with E-state index in [9.17, 15) is 8.42 Å². The van der Waals surface area contributed by atoms with Gasteiger partial charge >= 0.3 is 0 Å². The molecule has 1 saturated heterocycles. The molecular formula is C18H25N3O2S. The quantitative estimate of drug-likeness (QED) is 0.853. The summed E-state index contributed by atoms with van der Waals surface area (Å²) in [5, 5.41) is 0. The number of aryl methyl sites for hydroxylation is 2. The zero-order valence-electron chi connectivity index (χ0n) is 14.6. The third-order valence-corrected chi connectivity index (χ3v) is 5.79. The Morgan fingerprint density at radius 3 is 2.54 bits per heavy atom. The maximum atomic E-state index is 11.5. The highest BCUT2D eigenvalue weighted by molar-refractivity contribution is 7.90. The van der Waals surface area contributed by atoms with Gasteiger partial charge < -0.3 is 4.57 Å². The van der Waals surface area contributed by atoms with Crippen molar-refractivity contribution < 1.29 is 8.42 Å². The van der Waals surface area contributed by atoms with Gasteiger partial charge in [0.25, 0.3) is 0 Å². The number of imidazole rings is 1. The Labute approximate surface area is 144 Å². The number of rotatable bonds is 4. The van der Waals surface area contributed by atoms with Crippen LogP contribution in [-0.4, -0.2) is 42.2 Å². The smallest absolute Gasteiger partial charge is 0.175 e. The number of sulfone groups is 1. The van der Waals surface area contributed by atoms with Crippen LogP contribution in [0.3, 0.4) is 0 Å². The van der Waals surface area contributed by atoms with Gasteiger partial charge in [0.05, 0.1) is 10.6 Å². The molecule has 6 heteroatoms. The van der Waals surface area contributed by atoms with Crippen LogP contribution in [0.5, 0.6) is 0 Å². The molecule has 1 atom stereocenters. The SMILES string of the molecule is Cc1cn(C)c([C@H]2CCCN(Cc3ccc(S(C)(=O)=O)cc3)C2)n1. The second kappa shape index (κ2) is 6.69. The summed E-state index contributed by atoms with van der Waals surface area (Å²) >= 11 is 0. The molecule has 1 fully saturated rings. The van der Waals surface area contributed by atoms with Crippen LogP contribution in [0.25, 0.3) is 0 Å². The number of hydrogen-bond donors (Lipinski definition) is 0. The predicted molar refractivity (Wildman–Crippen MR) is 94.7 cm³/mol. The number of likely N-dealkylation sites (tertiary alicyclic amines) is 1. The third kappa shape index (κ3) is 3.87. The van der Waals surface area contributed by atoms with Crippen molar-refractivity contribution in [2.75, 3.05) is 19.3 Å². The Hall–Kier alpha value is -1.66.